The summed E-state index contributed by atoms with van der Waals surface area (Å²) in [7, 11) is 0. The zero-order valence-electron chi connectivity index (χ0n) is 18.4. The van der Waals surface area contributed by atoms with Crippen molar-refractivity contribution in [3.8, 4) is 17.3 Å². The number of hydrogen-bond donors (Lipinski definition) is 0. The first-order valence-corrected chi connectivity index (χ1v) is 10.9. The molecule has 8 heteroatoms. The van der Waals surface area contributed by atoms with Gasteiger partial charge in [-0.3, -0.25) is 4.98 Å². The molecule has 0 spiro atoms. The summed E-state index contributed by atoms with van der Waals surface area (Å²) in [4.78, 5) is 25.7. The van der Waals surface area contributed by atoms with E-state index in [9.17, 15) is 4.79 Å². The molecule has 2 aromatic heterocycles. The molecule has 0 aliphatic carbocycles. The average molecular weight is 437 g/mol. The third-order valence-corrected chi connectivity index (χ3v) is 5.40. The Morgan fingerprint density at radius 1 is 1.19 bits per heavy atom. The van der Waals surface area contributed by atoms with E-state index in [1.54, 1.807) is 19.3 Å². The Morgan fingerprint density at radius 2 is 2.03 bits per heavy atom. The highest BCUT2D eigenvalue weighted by atomic mass is 16.6. The largest absolute Gasteiger partial charge is 0.476 e. The van der Waals surface area contributed by atoms with Gasteiger partial charge in [-0.2, -0.15) is 0 Å². The van der Waals surface area contributed by atoms with Gasteiger partial charge < -0.3 is 18.6 Å². The van der Waals surface area contributed by atoms with Crippen LogP contribution in [0.5, 0.6) is 5.88 Å². The quantitative estimate of drug-likeness (QED) is 0.467. The Bertz CT molecular complexity index is 1030. The molecule has 3 aromatic rings. The molecule has 1 fully saturated rings. The molecule has 0 amide bonds. The number of carbonyl (C=O) groups excluding carboxylic acids is 1. The Balaban J connectivity index is 1.33. The lowest BCUT2D eigenvalue weighted by atomic mass is 9.94. The van der Waals surface area contributed by atoms with Crippen LogP contribution in [0.1, 0.15) is 36.9 Å². The molecule has 0 radical (unpaired) electrons. The maximum atomic E-state index is 12.4. The normalized spacial score (nSPS) is 17.9. The van der Waals surface area contributed by atoms with Crippen LogP contribution in [-0.2, 0) is 27.1 Å². The number of aromatic nitrogens is 3. The predicted molar refractivity (Wildman–Crippen MR) is 116 cm³/mol. The van der Waals surface area contributed by atoms with E-state index in [0.717, 1.165) is 23.4 Å². The minimum Gasteiger partial charge on any atom is -0.476 e. The highest BCUT2D eigenvalue weighted by molar-refractivity contribution is 5.80. The fourth-order valence-corrected chi connectivity index (χ4v) is 3.75. The number of nitrogens with zero attached hydrogens (tertiary/aromatic N) is 3. The first-order chi connectivity index (χ1) is 15.6. The van der Waals surface area contributed by atoms with E-state index < -0.39 is 5.60 Å². The SMILES string of the molecule is CCOC(=O)C1(Cc2cnc(OCCc3nc(-c4ccccc4)oc3C)cn2)CCCO1. The molecule has 8 nitrogen and oxygen atoms in total. The number of hydrogen-bond acceptors (Lipinski definition) is 8. The first kappa shape index (κ1) is 22.0. The molecule has 0 bridgehead atoms. The van der Waals surface area contributed by atoms with Crippen LogP contribution in [0.25, 0.3) is 11.5 Å². The lowest BCUT2D eigenvalue weighted by Gasteiger charge is -2.25. The van der Waals surface area contributed by atoms with Crippen LogP contribution in [0.4, 0.5) is 0 Å². The minimum absolute atomic E-state index is 0.320. The van der Waals surface area contributed by atoms with Gasteiger partial charge in [0, 0.05) is 25.0 Å². The van der Waals surface area contributed by atoms with Gasteiger partial charge in [-0.1, -0.05) is 18.2 Å². The second-order valence-corrected chi connectivity index (χ2v) is 7.68. The van der Waals surface area contributed by atoms with E-state index in [0.29, 0.717) is 56.5 Å². The Labute approximate surface area is 187 Å². The van der Waals surface area contributed by atoms with E-state index >= 15 is 0 Å². The number of esters is 1. The van der Waals surface area contributed by atoms with E-state index in [1.165, 1.54) is 0 Å². The molecule has 1 atom stereocenters. The maximum absolute atomic E-state index is 12.4. The van der Waals surface area contributed by atoms with Gasteiger partial charge in [0.15, 0.2) is 5.60 Å². The second-order valence-electron chi connectivity index (χ2n) is 7.68. The first-order valence-electron chi connectivity index (χ1n) is 10.9. The second kappa shape index (κ2) is 9.91. The van der Waals surface area contributed by atoms with Crippen molar-refractivity contribution in [1.82, 2.24) is 15.0 Å². The molecule has 0 saturated carbocycles. The fourth-order valence-electron chi connectivity index (χ4n) is 3.75. The van der Waals surface area contributed by atoms with Crippen molar-refractivity contribution < 1.29 is 23.4 Å². The number of oxazole rings is 1. The topological polar surface area (TPSA) is 96.6 Å². The molecule has 3 heterocycles. The fraction of sp³-hybridized carbons (Fsp3) is 0.417. The van der Waals surface area contributed by atoms with Gasteiger partial charge in [-0.05, 0) is 38.8 Å². The lowest BCUT2D eigenvalue weighted by Crippen LogP contribution is -2.42. The summed E-state index contributed by atoms with van der Waals surface area (Å²) in [5.74, 6) is 1.45. The summed E-state index contributed by atoms with van der Waals surface area (Å²) < 4.78 is 22.5. The van der Waals surface area contributed by atoms with Gasteiger partial charge in [-0.25, -0.2) is 14.8 Å². The van der Waals surface area contributed by atoms with E-state index in [1.807, 2.05) is 37.3 Å². The Kier molecular flexibility index (Phi) is 6.80. The molecule has 0 N–H and O–H groups in total. The molecule has 32 heavy (non-hydrogen) atoms. The predicted octanol–water partition coefficient (Wildman–Crippen LogP) is 3.72. The van der Waals surface area contributed by atoms with Crippen LogP contribution < -0.4 is 4.74 Å². The van der Waals surface area contributed by atoms with Crippen LogP contribution in [0.15, 0.2) is 47.1 Å². The average Bonchev–Trinajstić information content (AvgIpc) is 3.43. The van der Waals surface area contributed by atoms with Crippen molar-refractivity contribution in [1.29, 1.82) is 0 Å². The summed E-state index contributed by atoms with van der Waals surface area (Å²) in [5, 5.41) is 0. The van der Waals surface area contributed by atoms with Crippen molar-refractivity contribution in [3.05, 3.63) is 59.9 Å². The lowest BCUT2D eigenvalue weighted by molar-refractivity contribution is -0.166. The summed E-state index contributed by atoms with van der Waals surface area (Å²) in [6, 6.07) is 9.79. The third kappa shape index (κ3) is 4.96. The van der Waals surface area contributed by atoms with Crippen LogP contribution in [0.3, 0.4) is 0 Å². The molecule has 1 aliphatic rings. The monoisotopic (exact) mass is 437 g/mol. The minimum atomic E-state index is -0.964. The third-order valence-electron chi connectivity index (χ3n) is 5.40. The molecule has 1 aliphatic heterocycles. The van der Waals surface area contributed by atoms with Gasteiger partial charge in [0.25, 0.3) is 0 Å². The van der Waals surface area contributed by atoms with Crippen LogP contribution in [0, 0.1) is 6.92 Å². The van der Waals surface area contributed by atoms with Crippen molar-refractivity contribution in [2.24, 2.45) is 0 Å². The molecule has 1 unspecified atom stereocenters. The smallest absolute Gasteiger partial charge is 0.338 e. The van der Waals surface area contributed by atoms with Gasteiger partial charge in [0.2, 0.25) is 11.8 Å². The highest BCUT2D eigenvalue weighted by Gasteiger charge is 2.44. The number of carbonyl (C=O) groups is 1. The van der Waals surface area contributed by atoms with Gasteiger partial charge in [-0.15, -0.1) is 0 Å². The molecule has 4 rings (SSSR count). The van der Waals surface area contributed by atoms with Crippen LogP contribution in [0.2, 0.25) is 0 Å². The summed E-state index contributed by atoms with van der Waals surface area (Å²) in [5.41, 5.74) is 1.49. The Hall–Kier alpha value is -3.26. The van der Waals surface area contributed by atoms with Crippen LogP contribution >= 0.6 is 0 Å². The van der Waals surface area contributed by atoms with Crippen LogP contribution in [-0.4, -0.2) is 46.3 Å². The van der Waals surface area contributed by atoms with Gasteiger partial charge in [0.1, 0.15) is 5.76 Å². The molecule has 1 aromatic carbocycles. The maximum Gasteiger partial charge on any atom is 0.338 e. The highest BCUT2D eigenvalue weighted by Crippen LogP contribution is 2.30. The number of ether oxygens (including phenoxy) is 3. The summed E-state index contributed by atoms with van der Waals surface area (Å²) >= 11 is 0. The molecule has 168 valence electrons. The number of benzene rings is 1. The molecule has 1 saturated heterocycles. The van der Waals surface area contributed by atoms with E-state index in [2.05, 4.69) is 15.0 Å². The summed E-state index contributed by atoms with van der Waals surface area (Å²) in [6.07, 6.45) is 5.54. The molecular formula is C24H27N3O5. The van der Waals surface area contributed by atoms with Crippen molar-refractivity contribution in [2.45, 2.75) is 45.1 Å². The van der Waals surface area contributed by atoms with Crippen molar-refractivity contribution >= 4 is 5.97 Å². The zero-order valence-corrected chi connectivity index (χ0v) is 18.4. The standard InChI is InChI=1S/C24H27N3O5/c1-3-29-23(28)24(11-7-12-31-24)14-19-15-26-21(16-25-19)30-13-10-20-17(2)32-22(27-20)18-8-5-4-6-9-18/h4-6,8-9,15-16H,3,7,10-14H2,1-2H3. The zero-order chi connectivity index (χ0) is 22.4. The van der Waals surface area contributed by atoms with Crippen molar-refractivity contribution in [3.63, 3.8) is 0 Å². The van der Waals surface area contributed by atoms with Crippen molar-refractivity contribution in [2.75, 3.05) is 19.8 Å². The molecular weight excluding hydrogens is 410 g/mol. The van der Waals surface area contributed by atoms with Gasteiger partial charge in [0.05, 0.1) is 37.0 Å². The van der Waals surface area contributed by atoms with E-state index in [-0.39, 0.29) is 5.97 Å². The summed E-state index contributed by atoms with van der Waals surface area (Å²) in [6.45, 7) is 4.94. The Morgan fingerprint density at radius 3 is 2.72 bits per heavy atom. The number of aryl methyl sites for hydroxylation is 1. The van der Waals surface area contributed by atoms with E-state index in [4.69, 9.17) is 18.6 Å². The number of rotatable bonds is 9. The van der Waals surface area contributed by atoms with Gasteiger partial charge >= 0.3 is 5.97 Å².